The minimum Gasteiger partial charge on any atom is -0.489 e. The molecule has 2 aromatic carbocycles. The van der Waals surface area contributed by atoms with Crippen molar-refractivity contribution in [2.24, 2.45) is 0 Å². The van der Waals surface area contributed by atoms with E-state index in [1.165, 1.54) is 0 Å². The second-order valence-corrected chi connectivity index (χ2v) is 5.72. The van der Waals surface area contributed by atoms with Crippen LogP contribution >= 0.6 is 11.6 Å². The molecule has 1 N–H and O–H groups in total. The van der Waals surface area contributed by atoms with E-state index in [1.54, 1.807) is 42.5 Å². The highest BCUT2D eigenvalue weighted by Crippen LogP contribution is 2.17. The number of halogens is 1. The van der Waals surface area contributed by atoms with Crippen molar-refractivity contribution in [3.05, 3.63) is 87.2 Å². The van der Waals surface area contributed by atoms with Gasteiger partial charge in [-0.15, -0.1) is 0 Å². The summed E-state index contributed by atoms with van der Waals surface area (Å²) in [6, 6.07) is 13.8. The topological polar surface area (TPSA) is 99.3 Å². The summed E-state index contributed by atoms with van der Waals surface area (Å²) in [6.07, 6.45) is 2.17. The van der Waals surface area contributed by atoms with Crippen molar-refractivity contribution in [3.8, 4) is 5.75 Å². The lowest BCUT2D eigenvalue weighted by Gasteiger charge is -2.08. The number of nitrogens with one attached hydrogen (secondary N) is 1. The Hall–Kier alpha value is -3.39. The van der Waals surface area contributed by atoms with Gasteiger partial charge < -0.3 is 4.74 Å². The number of nitrogens with zero attached hydrogens (tertiary/aromatic N) is 3. The fraction of sp³-hybridized carbons (Fsp3) is 0.0588. The minimum absolute atomic E-state index is 0.213. The number of benzene rings is 2. The molecular formula is C17H13ClN4O4. The average Bonchev–Trinajstić information content (AvgIpc) is 3.10. The number of aromatic nitrogens is 2. The van der Waals surface area contributed by atoms with Gasteiger partial charge in [0.25, 0.3) is 5.91 Å². The summed E-state index contributed by atoms with van der Waals surface area (Å²) in [5, 5.41) is 15.0. The Balaban J connectivity index is 1.64. The molecule has 0 saturated heterocycles. The van der Waals surface area contributed by atoms with Crippen molar-refractivity contribution < 1.29 is 14.5 Å². The highest BCUT2D eigenvalue weighted by molar-refractivity contribution is 6.30. The van der Waals surface area contributed by atoms with Crippen LogP contribution in [0.4, 0.5) is 5.69 Å². The number of hydrogen-bond donors (Lipinski definition) is 1. The Bertz CT molecular complexity index is 940. The molecule has 0 aliphatic heterocycles. The highest BCUT2D eigenvalue weighted by atomic mass is 35.5. The molecule has 1 amide bonds. The Morgan fingerprint density at radius 2 is 2.04 bits per heavy atom. The molecule has 0 radical (unpaired) electrons. The number of rotatable bonds is 6. The summed E-state index contributed by atoms with van der Waals surface area (Å²) in [7, 11) is 0. The first-order valence-corrected chi connectivity index (χ1v) is 7.87. The van der Waals surface area contributed by atoms with Crippen LogP contribution in [-0.2, 0) is 6.61 Å². The van der Waals surface area contributed by atoms with Crippen LogP contribution in [0.15, 0.2) is 60.9 Å². The van der Waals surface area contributed by atoms with Crippen LogP contribution in [0.3, 0.4) is 0 Å². The third-order valence-corrected chi connectivity index (χ3v) is 3.66. The number of hydrogen-bond acceptors (Lipinski definition) is 5. The van der Waals surface area contributed by atoms with E-state index in [2.05, 4.69) is 10.5 Å². The van der Waals surface area contributed by atoms with Crippen molar-refractivity contribution in [1.82, 2.24) is 9.89 Å². The van der Waals surface area contributed by atoms with Gasteiger partial charge in [-0.3, -0.25) is 14.9 Å². The predicted molar refractivity (Wildman–Crippen MR) is 94.8 cm³/mol. The van der Waals surface area contributed by atoms with Gasteiger partial charge in [-0.1, -0.05) is 23.7 Å². The monoisotopic (exact) mass is 372 g/mol. The fourth-order valence-electron chi connectivity index (χ4n) is 2.14. The van der Waals surface area contributed by atoms with Gasteiger partial charge in [0.2, 0.25) is 0 Å². The van der Waals surface area contributed by atoms with Crippen LogP contribution in [0.5, 0.6) is 5.75 Å². The van der Waals surface area contributed by atoms with Gasteiger partial charge in [-0.05, 0) is 42.0 Å². The summed E-state index contributed by atoms with van der Waals surface area (Å²) in [6.45, 7) is 0.274. The van der Waals surface area contributed by atoms with Crippen LogP contribution in [0.1, 0.15) is 15.9 Å². The fourth-order valence-corrected chi connectivity index (χ4v) is 2.26. The lowest BCUT2D eigenvalue weighted by atomic mass is 10.1. The van der Waals surface area contributed by atoms with Crippen LogP contribution in [0.2, 0.25) is 5.02 Å². The first-order chi connectivity index (χ1) is 12.5. The third kappa shape index (κ3) is 4.37. The second-order valence-electron chi connectivity index (χ2n) is 5.28. The molecule has 3 aromatic rings. The number of carbonyl (C=O) groups is 1. The van der Waals surface area contributed by atoms with Crippen LogP contribution in [-0.4, -0.2) is 20.7 Å². The number of carbonyl (C=O) groups excluding carboxylic acids is 1. The van der Waals surface area contributed by atoms with Crippen molar-refractivity contribution in [2.45, 2.75) is 6.61 Å². The smallest absolute Gasteiger partial charge is 0.309 e. The summed E-state index contributed by atoms with van der Waals surface area (Å²) in [5.41, 5.74) is 3.40. The third-order valence-electron chi connectivity index (χ3n) is 3.40. The lowest BCUT2D eigenvalue weighted by molar-refractivity contribution is -0.384. The molecule has 0 aliphatic carbocycles. The van der Waals surface area contributed by atoms with Crippen molar-refractivity contribution in [1.29, 1.82) is 0 Å². The van der Waals surface area contributed by atoms with Crippen LogP contribution in [0.25, 0.3) is 0 Å². The standard InChI is InChI=1S/C17H13ClN4O4/c18-14-4-6-16(7-5-14)26-11-12-2-1-3-13(8-12)17(23)20-21-10-15(9-19-21)22(24)25/h1-10H,11H2,(H,20,23). The van der Waals surface area contributed by atoms with Crippen molar-refractivity contribution in [3.63, 3.8) is 0 Å². The van der Waals surface area contributed by atoms with E-state index < -0.39 is 10.8 Å². The minimum atomic E-state index is -0.593. The van der Waals surface area contributed by atoms with Crippen LogP contribution < -0.4 is 10.2 Å². The van der Waals surface area contributed by atoms with Crippen molar-refractivity contribution >= 4 is 23.2 Å². The molecule has 9 heteroatoms. The second kappa shape index (κ2) is 7.66. The summed E-state index contributed by atoms with van der Waals surface area (Å²) in [4.78, 5) is 23.3. The van der Waals surface area contributed by atoms with E-state index in [0.717, 1.165) is 22.7 Å². The summed E-state index contributed by atoms with van der Waals surface area (Å²) in [5.74, 6) is 0.212. The predicted octanol–water partition coefficient (Wildman–Crippen LogP) is 3.41. The zero-order valence-corrected chi connectivity index (χ0v) is 14.1. The average molecular weight is 373 g/mol. The molecule has 0 bridgehead atoms. The lowest BCUT2D eigenvalue weighted by Crippen LogP contribution is -2.23. The molecule has 0 spiro atoms. The Labute approximate surface area is 153 Å². The van der Waals surface area contributed by atoms with Crippen LogP contribution in [0, 0.1) is 10.1 Å². The first kappa shape index (κ1) is 17.4. The normalized spacial score (nSPS) is 10.3. The largest absolute Gasteiger partial charge is 0.489 e. The SMILES string of the molecule is O=C(Nn1cc([N+](=O)[O-])cn1)c1cccc(COc2ccc(Cl)cc2)c1. The number of ether oxygens (including phenoxy) is 1. The molecule has 132 valence electrons. The Morgan fingerprint density at radius 1 is 1.27 bits per heavy atom. The molecule has 0 unspecified atom stereocenters. The molecule has 3 rings (SSSR count). The van der Waals surface area contributed by atoms with Gasteiger partial charge in [0.15, 0.2) is 0 Å². The highest BCUT2D eigenvalue weighted by Gasteiger charge is 2.12. The zero-order chi connectivity index (χ0) is 18.5. The van der Waals surface area contributed by atoms with E-state index in [4.69, 9.17) is 16.3 Å². The molecule has 0 fully saturated rings. The van der Waals surface area contributed by atoms with Gasteiger partial charge in [-0.25, -0.2) is 5.43 Å². The Morgan fingerprint density at radius 3 is 2.73 bits per heavy atom. The molecule has 0 saturated carbocycles. The van der Waals surface area contributed by atoms with Gasteiger partial charge in [-0.2, -0.15) is 9.89 Å². The maximum atomic E-state index is 12.3. The molecule has 8 nitrogen and oxygen atoms in total. The van der Waals surface area contributed by atoms with E-state index in [1.807, 2.05) is 6.07 Å². The maximum Gasteiger partial charge on any atom is 0.309 e. The van der Waals surface area contributed by atoms with Gasteiger partial charge in [0.1, 0.15) is 24.8 Å². The quantitative estimate of drug-likeness (QED) is 0.528. The molecule has 1 aromatic heterocycles. The maximum absolute atomic E-state index is 12.3. The van der Waals surface area contributed by atoms with E-state index in [9.17, 15) is 14.9 Å². The molecular weight excluding hydrogens is 360 g/mol. The Kier molecular flexibility index (Phi) is 5.14. The molecule has 0 aliphatic rings. The van der Waals surface area contributed by atoms with Gasteiger partial charge in [0, 0.05) is 10.6 Å². The summed E-state index contributed by atoms with van der Waals surface area (Å²) < 4.78 is 5.65. The zero-order valence-electron chi connectivity index (χ0n) is 13.3. The molecule has 0 atom stereocenters. The van der Waals surface area contributed by atoms with Gasteiger partial charge >= 0.3 is 5.69 Å². The van der Waals surface area contributed by atoms with E-state index in [-0.39, 0.29) is 12.3 Å². The number of nitro groups is 1. The van der Waals surface area contributed by atoms with Crippen molar-refractivity contribution in [2.75, 3.05) is 5.43 Å². The van der Waals surface area contributed by atoms with Gasteiger partial charge in [0.05, 0.1) is 4.92 Å². The summed E-state index contributed by atoms with van der Waals surface area (Å²) >= 11 is 5.83. The molecule has 1 heterocycles. The molecule has 26 heavy (non-hydrogen) atoms. The van der Waals surface area contributed by atoms with E-state index >= 15 is 0 Å². The van der Waals surface area contributed by atoms with E-state index in [0.29, 0.717) is 16.3 Å². The first-order valence-electron chi connectivity index (χ1n) is 7.49. The number of amides is 1.